The molecule has 0 aliphatic carbocycles. The van der Waals surface area contributed by atoms with E-state index in [1.54, 1.807) is 36.4 Å². The Morgan fingerprint density at radius 3 is 1.68 bits per heavy atom. The summed E-state index contributed by atoms with van der Waals surface area (Å²) in [6, 6.07) is 23.8. The topological polar surface area (TPSA) is 64.7 Å². The fraction of sp³-hybridized carbons (Fsp3) is 0.200. The van der Waals surface area contributed by atoms with Crippen LogP contribution >= 0.6 is 0 Å². The highest BCUT2D eigenvalue weighted by Gasteiger charge is 2.14. The van der Waals surface area contributed by atoms with Gasteiger partial charge in [0.1, 0.15) is 0 Å². The summed E-state index contributed by atoms with van der Waals surface area (Å²) < 4.78 is 0. The van der Waals surface area contributed by atoms with Crippen molar-refractivity contribution in [1.29, 1.82) is 0 Å². The standard InChI is InChI=1S/C25H26N4O2/c1-28-15-17-29(18-16-28)23-13-11-22(12-14-23)27-25(31)20-7-9-21(10-8-20)26-24(30)19-5-3-2-4-6-19/h2-14H,15-18H2,1H3,(H,26,30)(H,27,31). The van der Waals surface area contributed by atoms with Crippen molar-refractivity contribution < 1.29 is 9.59 Å². The van der Waals surface area contributed by atoms with Crippen LogP contribution in [0.5, 0.6) is 0 Å². The van der Waals surface area contributed by atoms with Gasteiger partial charge in [-0.25, -0.2) is 0 Å². The Balaban J connectivity index is 1.34. The quantitative estimate of drug-likeness (QED) is 0.664. The number of carbonyl (C=O) groups excluding carboxylic acids is 2. The van der Waals surface area contributed by atoms with Crippen molar-refractivity contribution in [2.75, 3.05) is 48.8 Å². The molecule has 1 aliphatic heterocycles. The van der Waals surface area contributed by atoms with Gasteiger partial charge in [0, 0.05) is 54.4 Å². The Hall–Kier alpha value is -3.64. The zero-order valence-electron chi connectivity index (χ0n) is 17.5. The normalized spacial score (nSPS) is 14.2. The van der Waals surface area contributed by atoms with E-state index in [2.05, 4.69) is 27.5 Å². The van der Waals surface area contributed by atoms with Crippen molar-refractivity contribution >= 4 is 28.9 Å². The van der Waals surface area contributed by atoms with Gasteiger partial charge in [-0.1, -0.05) is 18.2 Å². The molecule has 1 saturated heterocycles. The number of benzene rings is 3. The molecule has 2 amide bonds. The Morgan fingerprint density at radius 1 is 0.645 bits per heavy atom. The number of hydrogen-bond donors (Lipinski definition) is 2. The summed E-state index contributed by atoms with van der Waals surface area (Å²) in [5.74, 6) is -0.369. The first-order valence-corrected chi connectivity index (χ1v) is 10.4. The van der Waals surface area contributed by atoms with Crippen LogP contribution in [0.15, 0.2) is 78.9 Å². The fourth-order valence-corrected chi connectivity index (χ4v) is 3.52. The number of anilines is 3. The molecule has 1 heterocycles. The lowest BCUT2D eigenvalue weighted by molar-refractivity contribution is 0.102. The summed E-state index contributed by atoms with van der Waals surface area (Å²) >= 11 is 0. The van der Waals surface area contributed by atoms with E-state index in [1.807, 2.05) is 42.5 Å². The average molecular weight is 415 g/mol. The van der Waals surface area contributed by atoms with Gasteiger partial charge in [-0.3, -0.25) is 9.59 Å². The number of rotatable bonds is 5. The van der Waals surface area contributed by atoms with E-state index in [0.717, 1.165) is 31.9 Å². The van der Waals surface area contributed by atoms with Gasteiger partial charge in [0.15, 0.2) is 0 Å². The molecule has 158 valence electrons. The molecule has 6 heteroatoms. The van der Waals surface area contributed by atoms with E-state index in [1.165, 1.54) is 5.69 Å². The first kappa shape index (κ1) is 20.6. The number of carbonyl (C=O) groups is 2. The lowest BCUT2D eigenvalue weighted by Crippen LogP contribution is -2.44. The molecule has 0 spiro atoms. The molecule has 1 aliphatic rings. The minimum absolute atomic E-state index is 0.182. The second-order valence-corrected chi connectivity index (χ2v) is 7.69. The molecule has 3 aromatic carbocycles. The van der Waals surface area contributed by atoms with Gasteiger partial charge < -0.3 is 20.4 Å². The summed E-state index contributed by atoms with van der Waals surface area (Å²) in [5, 5.41) is 5.76. The number of amides is 2. The zero-order chi connectivity index (χ0) is 21.6. The minimum atomic E-state index is -0.187. The monoisotopic (exact) mass is 414 g/mol. The van der Waals surface area contributed by atoms with E-state index < -0.39 is 0 Å². The van der Waals surface area contributed by atoms with Crippen molar-refractivity contribution in [2.24, 2.45) is 0 Å². The lowest BCUT2D eigenvalue weighted by atomic mass is 10.1. The van der Waals surface area contributed by atoms with Crippen molar-refractivity contribution in [2.45, 2.75) is 0 Å². The highest BCUT2D eigenvalue weighted by atomic mass is 16.2. The first-order valence-electron chi connectivity index (χ1n) is 10.4. The van der Waals surface area contributed by atoms with Gasteiger partial charge in [0.25, 0.3) is 11.8 Å². The molecule has 1 fully saturated rings. The lowest BCUT2D eigenvalue weighted by Gasteiger charge is -2.34. The molecule has 0 bridgehead atoms. The predicted octanol–water partition coefficient (Wildman–Crippen LogP) is 3.94. The van der Waals surface area contributed by atoms with Crippen molar-refractivity contribution in [1.82, 2.24) is 4.90 Å². The number of nitrogens with zero attached hydrogens (tertiary/aromatic N) is 2. The van der Waals surface area contributed by atoms with Gasteiger partial charge in [-0.2, -0.15) is 0 Å². The number of hydrogen-bond acceptors (Lipinski definition) is 4. The molecule has 2 N–H and O–H groups in total. The molecule has 3 aromatic rings. The van der Waals surface area contributed by atoms with Crippen LogP contribution in [-0.4, -0.2) is 49.9 Å². The predicted molar refractivity (Wildman–Crippen MR) is 125 cm³/mol. The van der Waals surface area contributed by atoms with Crippen LogP contribution in [0.2, 0.25) is 0 Å². The maximum absolute atomic E-state index is 12.6. The van der Waals surface area contributed by atoms with Gasteiger partial charge in [-0.05, 0) is 67.7 Å². The van der Waals surface area contributed by atoms with Gasteiger partial charge >= 0.3 is 0 Å². The highest BCUT2D eigenvalue weighted by molar-refractivity contribution is 6.06. The van der Waals surface area contributed by atoms with Crippen molar-refractivity contribution in [3.8, 4) is 0 Å². The molecule has 0 aromatic heterocycles. The Kier molecular flexibility index (Phi) is 6.29. The molecule has 6 nitrogen and oxygen atoms in total. The number of piperazine rings is 1. The average Bonchev–Trinajstić information content (AvgIpc) is 2.81. The Morgan fingerprint density at radius 2 is 1.13 bits per heavy atom. The molecule has 31 heavy (non-hydrogen) atoms. The third kappa shape index (κ3) is 5.29. The Bertz CT molecular complexity index is 1030. The second-order valence-electron chi connectivity index (χ2n) is 7.69. The summed E-state index contributed by atoms with van der Waals surface area (Å²) in [4.78, 5) is 29.5. The van der Waals surface area contributed by atoms with Gasteiger partial charge in [-0.15, -0.1) is 0 Å². The van der Waals surface area contributed by atoms with Crippen LogP contribution in [-0.2, 0) is 0 Å². The fourth-order valence-electron chi connectivity index (χ4n) is 3.52. The Labute approximate surface area is 182 Å². The van der Waals surface area contributed by atoms with E-state index in [-0.39, 0.29) is 11.8 Å². The SMILES string of the molecule is CN1CCN(c2ccc(NC(=O)c3ccc(NC(=O)c4ccccc4)cc3)cc2)CC1. The van der Waals surface area contributed by atoms with Crippen LogP contribution in [0.3, 0.4) is 0 Å². The van der Waals surface area contributed by atoms with E-state index in [0.29, 0.717) is 16.8 Å². The molecule has 0 unspecified atom stereocenters. The third-order valence-corrected chi connectivity index (χ3v) is 5.43. The molecular weight excluding hydrogens is 388 g/mol. The molecular formula is C25H26N4O2. The molecule has 4 rings (SSSR count). The maximum Gasteiger partial charge on any atom is 0.255 e. The summed E-state index contributed by atoms with van der Waals surface area (Å²) in [6.07, 6.45) is 0. The van der Waals surface area contributed by atoms with E-state index in [4.69, 9.17) is 0 Å². The van der Waals surface area contributed by atoms with E-state index in [9.17, 15) is 9.59 Å². The van der Waals surface area contributed by atoms with Gasteiger partial charge in [0.2, 0.25) is 0 Å². The maximum atomic E-state index is 12.6. The molecule has 0 radical (unpaired) electrons. The van der Waals surface area contributed by atoms with Crippen LogP contribution < -0.4 is 15.5 Å². The second kappa shape index (κ2) is 9.45. The van der Waals surface area contributed by atoms with Crippen LogP contribution in [0.4, 0.5) is 17.1 Å². The zero-order valence-corrected chi connectivity index (χ0v) is 17.5. The van der Waals surface area contributed by atoms with Crippen LogP contribution in [0, 0.1) is 0 Å². The first-order chi connectivity index (χ1) is 15.1. The van der Waals surface area contributed by atoms with Gasteiger partial charge in [0.05, 0.1) is 0 Å². The molecule has 0 saturated carbocycles. The summed E-state index contributed by atoms with van der Waals surface area (Å²) in [7, 11) is 2.14. The number of likely N-dealkylation sites (N-methyl/N-ethyl adjacent to an activating group) is 1. The summed E-state index contributed by atoms with van der Waals surface area (Å²) in [5.41, 5.74) is 3.68. The van der Waals surface area contributed by atoms with Crippen molar-refractivity contribution in [3.05, 3.63) is 90.0 Å². The number of nitrogens with one attached hydrogen (secondary N) is 2. The highest BCUT2D eigenvalue weighted by Crippen LogP contribution is 2.20. The molecule has 0 atom stereocenters. The van der Waals surface area contributed by atoms with Crippen LogP contribution in [0.25, 0.3) is 0 Å². The summed E-state index contributed by atoms with van der Waals surface area (Å²) in [6.45, 7) is 4.13. The smallest absolute Gasteiger partial charge is 0.255 e. The largest absolute Gasteiger partial charge is 0.369 e. The third-order valence-electron chi connectivity index (χ3n) is 5.43. The minimum Gasteiger partial charge on any atom is -0.369 e. The van der Waals surface area contributed by atoms with E-state index >= 15 is 0 Å². The van der Waals surface area contributed by atoms with Crippen LogP contribution in [0.1, 0.15) is 20.7 Å². The van der Waals surface area contributed by atoms with Crippen molar-refractivity contribution in [3.63, 3.8) is 0 Å².